The van der Waals surface area contributed by atoms with Gasteiger partial charge in [-0.25, -0.2) is 4.79 Å². The maximum Gasteiger partial charge on any atom is 0.409 e. The minimum atomic E-state index is -0.462. The quantitative estimate of drug-likeness (QED) is 0.778. The van der Waals surface area contributed by atoms with Gasteiger partial charge in [0, 0.05) is 13.1 Å². The Hall–Kier alpha value is -0.770. The lowest BCUT2D eigenvalue weighted by atomic mass is 9.89. The molecule has 0 radical (unpaired) electrons. The SMILES string of the molecule is CC(C)(C)CC(O)CN1CCCOC1=O. The van der Waals surface area contributed by atoms with Crippen molar-refractivity contribution in [2.24, 2.45) is 5.41 Å². The first-order valence-corrected chi connectivity index (χ1v) is 5.48. The summed E-state index contributed by atoms with van der Waals surface area (Å²) in [5, 5.41) is 9.81. The number of nitrogens with zero attached hydrogens (tertiary/aromatic N) is 1. The van der Waals surface area contributed by atoms with E-state index in [0.29, 0.717) is 26.1 Å². The summed E-state index contributed by atoms with van der Waals surface area (Å²) >= 11 is 0. The maximum atomic E-state index is 11.3. The van der Waals surface area contributed by atoms with Crippen LogP contribution in [0.25, 0.3) is 0 Å². The predicted molar refractivity (Wildman–Crippen MR) is 57.6 cm³/mol. The number of carbonyl (C=O) groups is 1. The Bertz CT molecular complexity index is 222. The van der Waals surface area contributed by atoms with E-state index in [9.17, 15) is 9.90 Å². The maximum absolute atomic E-state index is 11.3. The zero-order valence-corrected chi connectivity index (χ0v) is 9.82. The zero-order chi connectivity index (χ0) is 11.5. The Labute approximate surface area is 91.2 Å². The van der Waals surface area contributed by atoms with Gasteiger partial charge in [0.15, 0.2) is 0 Å². The summed E-state index contributed by atoms with van der Waals surface area (Å²) in [6, 6.07) is 0. The average molecular weight is 215 g/mol. The molecule has 1 fully saturated rings. The van der Waals surface area contributed by atoms with Crippen molar-refractivity contribution in [2.45, 2.75) is 39.7 Å². The lowest BCUT2D eigenvalue weighted by Gasteiger charge is -2.30. The standard InChI is InChI=1S/C11H21NO3/c1-11(2,3)7-9(13)8-12-5-4-6-15-10(12)14/h9,13H,4-8H2,1-3H3. The van der Waals surface area contributed by atoms with Crippen LogP contribution in [-0.2, 0) is 4.74 Å². The number of amides is 1. The molecule has 1 saturated heterocycles. The third-order valence-electron chi connectivity index (χ3n) is 2.34. The molecule has 15 heavy (non-hydrogen) atoms. The number of hydrogen-bond acceptors (Lipinski definition) is 3. The minimum absolute atomic E-state index is 0.0824. The number of β-amino-alcohol motifs (C(OH)–C–C–N with tert-alkyl or cyclic N) is 1. The molecule has 1 unspecified atom stereocenters. The highest BCUT2D eigenvalue weighted by Gasteiger charge is 2.24. The van der Waals surface area contributed by atoms with Gasteiger partial charge >= 0.3 is 6.09 Å². The molecule has 1 atom stereocenters. The first-order chi connectivity index (χ1) is 6.88. The van der Waals surface area contributed by atoms with Crippen LogP contribution in [0, 0.1) is 5.41 Å². The summed E-state index contributed by atoms with van der Waals surface area (Å²) in [5.41, 5.74) is 0.0824. The molecule has 0 spiro atoms. The van der Waals surface area contributed by atoms with Crippen molar-refractivity contribution in [1.82, 2.24) is 4.90 Å². The summed E-state index contributed by atoms with van der Waals surface area (Å²) < 4.78 is 4.90. The molecule has 1 rings (SSSR count). The van der Waals surface area contributed by atoms with Gasteiger partial charge in [0.25, 0.3) is 0 Å². The normalized spacial score (nSPS) is 20.0. The molecule has 1 N–H and O–H groups in total. The first-order valence-electron chi connectivity index (χ1n) is 5.48. The van der Waals surface area contributed by atoms with Crippen LogP contribution in [0.4, 0.5) is 4.79 Å². The fraction of sp³-hybridized carbons (Fsp3) is 0.909. The van der Waals surface area contributed by atoms with Crippen LogP contribution in [0.3, 0.4) is 0 Å². The van der Waals surface area contributed by atoms with Gasteiger partial charge in [-0.05, 0) is 18.3 Å². The third kappa shape index (κ3) is 4.51. The van der Waals surface area contributed by atoms with Gasteiger partial charge in [-0.1, -0.05) is 20.8 Å². The second-order valence-electron chi connectivity index (χ2n) is 5.33. The predicted octanol–water partition coefficient (Wildman–Crippen LogP) is 1.63. The Kier molecular flexibility index (Phi) is 3.97. The van der Waals surface area contributed by atoms with Crippen molar-refractivity contribution in [3.63, 3.8) is 0 Å². The molecule has 1 amide bonds. The minimum Gasteiger partial charge on any atom is -0.449 e. The van der Waals surface area contributed by atoms with Crippen molar-refractivity contribution in [2.75, 3.05) is 19.7 Å². The number of carbonyl (C=O) groups excluding carboxylic acids is 1. The fourth-order valence-electron chi connectivity index (χ4n) is 1.79. The van der Waals surface area contributed by atoms with Gasteiger partial charge in [-0.2, -0.15) is 0 Å². The van der Waals surface area contributed by atoms with Crippen molar-refractivity contribution in [1.29, 1.82) is 0 Å². The summed E-state index contributed by atoms with van der Waals surface area (Å²) in [4.78, 5) is 12.9. The van der Waals surface area contributed by atoms with Crippen LogP contribution in [-0.4, -0.2) is 41.9 Å². The number of rotatable bonds is 3. The Balaban J connectivity index is 2.36. The van der Waals surface area contributed by atoms with Crippen LogP contribution in [0.2, 0.25) is 0 Å². The monoisotopic (exact) mass is 215 g/mol. The second-order valence-corrected chi connectivity index (χ2v) is 5.33. The van der Waals surface area contributed by atoms with E-state index in [-0.39, 0.29) is 11.5 Å². The Morgan fingerprint density at radius 3 is 2.73 bits per heavy atom. The molecule has 4 heteroatoms. The highest BCUT2D eigenvalue weighted by molar-refractivity contribution is 5.68. The number of cyclic esters (lactones) is 1. The number of hydrogen-bond donors (Lipinski definition) is 1. The van der Waals surface area contributed by atoms with Crippen molar-refractivity contribution < 1.29 is 14.6 Å². The summed E-state index contributed by atoms with van der Waals surface area (Å²) in [5.74, 6) is 0. The summed E-state index contributed by atoms with van der Waals surface area (Å²) in [6.07, 6.45) is 0.787. The van der Waals surface area contributed by atoms with Gasteiger partial charge < -0.3 is 14.7 Å². The van der Waals surface area contributed by atoms with Crippen molar-refractivity contribution in [3.05, 3.63) is 0 Å². The highest BCUT2D eigenvalue weighted by atomic mass is 16.6. The van der Waals surface area contributed by atoms with E-state index in [0.717, 1.165) is 6.42 Å². The molecule has 0 aromatic rings. The average Bonchev–Trinajstić information content (AvgIpc) is 2.05. The number of aliphatic hydroxyl groups is 1. The largest absolute Gasteiger partial charge is 0.449 e. The van der Waals surface area contributed by atoms with E-state index in [1.165, 1.54) is 0 Å². The van der Waals surface area contributed by atoms with Gasteiger partial charge in [0.05, 0.1) is 12.7 Å². The molecule has 0 aromatic heterocycles. The van der Waals surface area contributed by atoms with E-state index in [1.54, 1.807) is 4.90 Å². The molecule has 1 aliphatic rings. The summed E-state index contributed by atoms with van der Waals surface area (Å²) in [7, 11) is 0. The molecule has 0 saturated carbocycles. The molecule has 88 valence electrons. The molecular weight excluding hydrogens is 194 g/mol. The van der Waals surface area contributed by atoms with E-state index in [2.05, 4.69) is 20.8 Å². The molecule has 0 aliphatic carbocycles. The van der Waals surface area contributed by atoms with E-state index < -0.39 is 6.10 Å². The van der Waals surface area contributed by atoms with Crippen LogP contribution in [0.1, 0.15) is 33.6 Å². The lowest BCUT2D eigenvalue weighted by Crippen LogP contribution is -2.42. The highest BCUT2D eigenvalue weighted by Crippen LogP contribution is 2.21. The molecular formula is C11H21NO3. The van der Waals surface area contributed by atoms with Crippen molar-refractivity contribution >= 4 is 6.09 Å². The lowest BCUT2D eigenvalue weighted by molar-refractivity contribution is 0.0364. The Morgan fingerprint density at radius 1 is 1.53 bits per heavy atom. The van der Waals surface area contributed by atoms with Crippen molar-refractivity contribution in [3.8, 4) is 0 Å². The van der Waals surface area contributed by atoms with E-state index in [4.69, 9.17) is 4.74 Å². The summed E-state index contributed by atoms with van der Waals surface area (Å²) in [6.45, 7) is 7.81. The van der Waals surface area contributed by atoms with Gasteiger partial charge in [-0.15, -0.1) is 0 Å². The molecule has 0 bridgehead atoms. The molecule has 1 aliphatic heterocycles. The number of ether oxygens (including phenoxy) is 1. The van der Waals surface area contributed by atoms with Crippen LogP contribution >= 0.6 is 0 Å². The Morgan fingerprint density at radius 2 is 2.20 bits per heavy atom. The van der Waals surface area contributed by atoms with E-state index >= 15 is 0 Å². The van der Waals surface area contributed by atoms with Gasteiger partial charge in [0.1, 0.15) is 0 Å². The van der Waals surface area contributed by atoms with Gasteiger partial charge in [0.2, 0.25) is 0 Å². The van der Waals surface area contributed by atoms with Crippen LogP contribution < -0.4 is 0 Å². The molecule has 4 nitrogen and oxygen atoms in total. The van der Waals surface area contributed by atoms with Crippen LogP contribution in [0.5, 0.6) is 0 Å². The first kappa shape index (κ1) is 12.3. The van der Waals surface area contributed by atoms with Gasteiger partial charge in [-0.3, -0.25) is 0 Å². The molecule has 1 heterocycles. The molecule has 0 aromatic carbocycles. The third-order valence-corrected chi connectivity index (χ3v) is 2.34. The topological polar surface area (TPSA) is 49.8 Å². The fourth-order valence-corrected chi connectivity index (χ4v) is 1.79. The second kappa shape index (κ2) is 4.84. The zero-order valence-electron chi connectivity index (χ0n) is 9.82. The van der Waals surface area contributed by atoms with Crippen LogP contribution in [0.15, 0.2) is 0 Å². The number of aliphatic hydroxyl groups excluding tert-OH is 1. The van der Waals surface area contributed by atoms with E-state index in [1.807, 2.05) is 0 Å². The smallest absolute Gasteiger partial charge is 0.409 e.